The van der Waals surface area contributed by atoms with Crippen LogP contribution in [-0.4, -0.2) is 29.9 Å². The second kappa shape index (κ2) is 6.49. The van der Waals surface area contributed by atoms with E-state index in [4.69, 9.17) is 0 Å². The summed E-state index contributed by atoms with van der Waals surface area (Å²) in [6, 6.07) is 10.2. The molecule has 3 rings (SSSR count). The van der Waals surface area contributed by atoms with Gasteiger partial charge in [0.05, 0.1) is 18.6 Å². The molecule has 7 nitrogen and oxygen atoms in total. The molecule has 7 heteroatoms. The SMILES string of the molecule is COC(=O)c1ccc(NC(=O)C2CC(=O)Nc3ccccc32)nc1. The first-order chi connectivity index (χ1) is 11.6. The Kier molecular flexibility index (Phi) is 4.24. The second-order valence-electron chi connectivity index (χ2n) is 5.31. The quantitative estimate of drug-likeness (QED) is 0.841. The van der Waals surface area contributed by atoms with Gasteiger partial charge >= 0.3 is 5.97 Å². The summed E-state index contributed by atoms with van der Waals surface area (Å²) in [4.78, 5) is 39.7. The number of hydrogen-bond donors (Lipinski definition) is 2. The molecule has 0 spiro atoms. The maximum absolute atomic E-state index is 12.5. The summed E-state index contributed by atoms with van der Waals surface area (Å²) < 4.78 is 4.59. The topological polar surface area (TPSA) is 97.4 Å². The van der Waals surface area contributed by atoms with E-state index in [1.807, 2.05) is 12.1 Å². The molecule has 122 valence electrons. The minimum atomic E-state index is -0.586. The number of para-hydroxylation sites is 1. The number of nitrogens with one attached hydrogen (secondary N) is 2. The van der Waals surface area contributed by atoms with Crippen molar-refractivity contribution in [1.29, 1.82) is 0 Å². The summed E-state index contributed by atoms with van der Waals surface area (Å²) in [7, 11) is 1.28. The van der Waals surface area contributed by atoms with Gasteiger partial charge in [0.25, 0.3) is 0 Å². The normalized spacial score (nSPS) is 15.9. The second-order valence-corrected chi connectivity index (χ2v) is 5.31. The van der Waals surface area contributed by atoms with E-state index < -0.39 is 11.9 Å². The fraction of sp³-hybridized carbons (Fsp3) is 0.176. The highest BCUT2D eigenvalue weighted by atomic mass is 16.5. The van der Waals surface area contributed by atoms with Gasteiger partial charge in [-0.1, -0.05) is 18.2 Å². The maximum atomic E-state index is 12.5. The highest BCUT2D eigenvalue weighted by Crippen LogP contribution is 2.32. The lowest BCUT2D eigenvalue weighted by Crippen LogP contribution is -2.30. The van der Waals surface area contributed by atoms with Crippen LogP contribution in [-0.2, 0) is 14.3 Å². The van der Waals surface area contributed by atoms with Crippen LogP contribution in [0.25, 0.3) is 0 Å². The third-order valence-corrected chi connectivity index (χ3v) is 3.75. The largest absolute Gasteiger partial charge is 0.465 e. The molecule has 1 aliphatic rings. The van der Waals surface area contributed by atoms with Crippen LogP contribution in [0.3, 0.4) is 0 Å². The molecule has 0 saturated heterocycles. The fourth-order valence-electron chi connectivity index (χ4n) is 2.56. The molecule has 0 radical (unpaired) electrons. The molecule has 1 aromatic carbocycles. The molecule has 0 bridgehead atoms. The average molecular weight is 325 g/mol. The Labute approximate surface area is 138 Å². The maximum Gasteiger partial charge on any atom is 0.339 e. The van der Waals surface area contributed by atoms with Crippen molar-refractivity contribution in [2.24, 2.45) is 0 Å². The third kappa shape index (κ3) is 3.10. The number of carbonyl (C=O) groups excluding carboxylic acids is 3. The first-order valence-electron chi connectivity index (χ1n) is 7.32. The van der Waals surface area contributed by atoms with E-state index in [1.165, 1.54) is 25.4 Å². The number of aromatic nitrogens is 1. The van der Waals surface area contributed by atoms with Crippen LogP contribution in [0, 0.1) is 0 Å². The zero-order valence-corrected chi connectivity index (χ0v) is 12.9. The summed E-state index contributed by atoms with van der Waals surface area (Å²) in [6.07, 6.45) is 1.39. The summed E-state index contributed by atoms with van der Waals surface area (Å²) in [5.41, 5.74) is 1.70. The highest BCUT2D eigenvalue weighted by molar-refractivity contribution is 6.04. The van der Waals surface area contributed by atoms with Crippen molar-refractivity contribution in [3.05, 3.63) is 53.7 Å². The Bertz CT molecular complexity index is 802. The minimum Gasteiger partial charge on any atom is -0.465 e. The number of nitrogens with zero attached hydrogens (tertiary/aromatic N) is 1. The molecule has 1 unspecified atom stereocenters. The third-order valence-electron chi connectivity index (χ3n) is 3.75. The van der Waals surface area contributed by atoms with Gasteiger partial charge in [-0.05, 0) is 23.8 Å². The van der Waals surface area contributed by atoms with Gasteiger partial charge in [-0.15, -0.1) is 0 Å². The standard InChI is InChI=1S/C17H15N3O4/c1-24-17(23)10-6-7-14(18-9-10)20-16(22)12-8-15(21)19-13-5-3-2-4-11(12)13/h2-7,9,12H,8H2,1H3,(H,19,21)(H,18,20,22). The van der Waals surface area contributed by atoms with E-state index in [0.29, 0.717) is 11.5 Å². The van der Waals surface area contributed by atoms with Gasteiger partial charge in [0, 0.05) is 18.3 Å². The Morgan fingerprint density at radius 1 is 1.25 bits per heavy atom. The highest BCUT2D eigenvalue weighted by Gasteiger charge is 2.30. The van der Waals surface area contributed by atoms with Gasteiger partial charge in [0.15, 0.2) is 0 Å². The number of fused-ring (bicyclic) bond motifs is 1. The van der Waals surface area contributed by atoms with Crippen LogP contribution in [0.2, 0.25) is 0 Å². The van der Waals surface area contributed by atoms with E-state index in [0.717, 1.165) is 5.56 Å². The number of hydrogen-bond acceptors (Lipinski definition) is 5. The van der Waals surface area contributed by atoms with Crippen molar-refractivity contribution in [2.45, 2.75) is 12.3 Å². The van der Waals surface area contributed by atoms with E-state index >= 15 is 0 Å². The lowest BCUT2D eigenvalue weighted by molar-refractivity contribution is -0.123. The predicted octanol–water partition coefficient (Wildman–Crippen LogP) is 1.93. The first kappa shape index (κ1) is 15.7. The molecular formula is C17H15N3O4. The van der Waals surface area contributed by atoms with Crippen LogP contribution in [0.5, 0.6) is 0 Å². The Morgan fingerprint density at radius 3 is 2.75 bits per heavy atom. The van der Waals surface area contributed by atoms with Crippen LogP contribution in [0.15, 0.2) is 42.6 Å². The van der Waals surface area contributed by atoms with Gasteiger partial charge in [-0.3, -0.25) is 9.59 Å². The Morgan fingerprint density at radius 2 is 2.04 bits per heavy atom. The smallest absolute Gasteiger partial charge is 0.339 e. The lowest BCUT2D eigenvalue weighted by atomic mass is 9.90. The van der Waals surface area contributed by atoms with Crippen molar-refractivity contribution in [3.8, 4) is 0 Å². The van der Waals surface area contributed by atoms with E-state index in [1.54, 1.807) is 12.1 Å². The van der Waals surface area contributed by atoms with Crippen LogP contribution in [0.1, 0.15) is 28.3 Å². The Balaban J connectivity index is 1.78. The van der Waals surface area contributed by atoms with Crippen LogP contribution < -0.4 is 10.6 Å². The number of carbonyl (C=O) groups is 3. The summed E-state index contributed by atoms with van der Waals surface area (Å²) in [5.74, 6) is -1.31. The molecule has 24 heavy (non-hydrogen) atoms. The molecular weight excluding hydrogens is 310 g/mol. The zero-order valence-electron chi connectivity index (χ0n) is 12.9. The molecule has 2 amide bonds. The number of pyridine rings is 1. The molecule has 0 aliphatic carbocycles. The lowest BCUT2D eigenvalue weighted by Gasteiger charge is -2.24. The molecule has 2 heterocycles. The minimum absolute atomic E-state index is 0.0725. The number of methoxy groups -OCH3 is 1. The van der Waals surface area contributed by atoms with Crippen molar-refractivity contribution in [2.75, 3.05) is 17.7 Å². The fourth-order valence-corrected chi connectivity index (χ4v) is 2.56. The molecule has 0 saturated carbocycles. The van der Waals surface area contributed by atoms with E-state index in [2.05, 4.69) is 20.4 Å². The van der Waals surface area contributed by atoms with Gasteiger partial charge < -0.3 is 15.4 Å². The van der Waals surface area contributed by atoms with Crippen molar-refractivity contribution >= 4 is 29.3 Å². The zero-order chi connectivity index (χ0) is 17.1. The average Bonchev–Trinajstić information content (AvgIpc) is 2.60. The van der Waals surface area contributed by atoms with Gasteiger partial charge in [0.2, 0.25) is 11.8 Å². The molecule has 2 aromatic rings. The first-order valence-corrected chi connectivity index (χ1v) is 7.32. The predicted molar refractivity (Wildman–Crippen MR) is 86.6 cm³/mol. The molecule has 2 N–H and O–H groups in total. The van der Waals surface area contributed by atoms with Crippen molar-refractivity contribution in [1.82, 2.24) is 4.98 Å². The van der Waals surface area contributed by atoms with Crippen molar-refractivity contribution in [3.63, 3.8) is 0 Å². The summed E-state index contributed by atoms with van der Waals surface area (Å²) in [6.45, 7) is 0. The van der Waals surface area contributed by atoms with Crippen molar-refractivity contribution < 1.29 is 19.1 Å². The summed E-state index contributed by atoms with van der Waals surface area (Å²) in [5, 5.41) is 5.42. The Hall–Kier alpha value is -3.22. The molecule has 1 atom stereocenters. The van der Waals surface area contributed by atoms with Gasteiger partial charge in [0.1, 0.15) is 5.82 Å². The molecule has 1 aromatic heterocycles. The number of ether oxygens (including phenoxy) is 1. The number of benzene rings is 1. The molecule has 0 fully saturated rings. The van der Waals surface area contributed by atoms with Crippen LogP contribution >= 0.6 is 0 Å². The van der Waals surface area contributed by atoms with E-state index in [9.17, 15) is 14.4 Å². The van der Waals surface area contributed by atoms with E-state index in [-0.39, 0.29) is 23.8 Å². The number of rotatable bonds is 3. The monoisotopic (exact) mass is 325 g/mol. The van der Waals surface area contributed by atoms with Crippen LogP contribution in [0.4, 0.5) is 11.5 Å². The molecule has 1 aliphatic heterocycles. The summed E-state index contributed by atoms with van der Waals surface area (Å²) >= 11 is 0. The number of esters is 1. The number of anilines is 2. The number of amides is 2. The van der Waals surface area contributed by atoms with Gasteiger partial charge in [-0.25, -0.2) is 9.78 Å². The van der Waals surface area contributed by atoms with Gasteiger partial charge in [-0.2, -0.15) is 0 Å².